The van der Waals surface area contributed by atoms with Crippen LogP contribution in [0, 0.1) is 10.8 Å². The maximum atomic E-state index is 9.14. The summed E-state index contributed by atoms with van der Waals surface area (Å²) in [6.07, 6.45) is 6.10. The van der Waals surface area contributed by atoms with Gasteiger partial charge < -0.3 is 10.2 Å². The Morgan fingerprint density at radius 1 is 1.19 bits per heavy atom. The molecular weight excluding hydrogens is 200 g/mol. The van der Waals surface area contributed by atoms with Crippen molar-refractivity contribution in [3.05, 3.63) is 12.7 Å². The first-order valence-electron chi connectivity index (χ1n) is 5.37. The Kier molecular flexibility index (Phi) is 7.22. The molecule has 2 rings (SSSR count). The molecule has 2 aliphatic carbocycles. The highest BCUT2D eigenvalue weighted by Crippen LogP contribution is 2.48. The molecule has 2 heteroatoms. The van der Waals surface area contributed by atoms with Gasteiger partial charge in [-0.25, -0.2) is 0 Å². The number of hydrogen-bond acceptors (Lipinski definition) is 2. The Hall–Kier alpha value is -0.340. The standard InChI is InChI=1S/C7H12O.C5H10O.2CH4/c1-3-6(8)7(2)4-5-7;1-5(4-6)2-3-5;;/h3,6,8H,1,4-5H2,2H3;6H,2-4H2,1H3;2*1H4. The molecule has 1 unspecified atom stereocenters. The van der Waals surface area contributed by atoms with E-state index in [1.54, 1.807) is 6.08 Å². The van der Waals surface area contributed by atoms with Gasteiger partial charge in [0.1, 0.15) is 0 Å². The molecule has 2 saturated carbocycles. The van der Waals surface area contributed by atoms with Gasteiger partial charge in [0.2, 0.25) is 0 Å². The summed E-state index contributed by atoms with van der Waals surface area (Å²) in [5.41, 5.74) is 0.543. The smallest absolute Gasteiger partial charge is 0.0771 e. The fourth-order valence-electron chi connectivity index (χ4n) is 1.15. The largest absolute Gasteiger partial charge is 0.396 e. The minimum Gasteiger partial charge on any atom is -0.396 e. The average Bonchev–Trinajstić information content (AvgIpc) is 3.07. The van der Waals surface area contributed by atoms with Crippen LogP contribution in [0.1, 0.15) is 54.4 Å². The molecule has 0 aromatic carbocycles. The molecular formula is C14H30O2. The van der Waals surface area contributed by atoms with Crippen LogP contribution >= 0.6 is 0 Å². The van der Waals surface area contributed by atoms with Gasteiger partial charge in [-0.05, 0) is 36.5 Å². The van der Waals surface area contributed by atoms with E-state index < -0.39 is 0 Å². The molecule has 0 bridgehead atoms. The van der Waals surface area contributed by atoms with Crippen molar-refractivity contribution in [1.29, 1.82) is 0 Å². The predicted octanol–water partition coefficient (Wildman–Crippen LogP) is 3.38. The van der Waals surface area contributed by atoms with Crippen LogP contribution in [-0.2, 0) is 0 Å². The second-order valence-corrected chi connectivity index (χ2v) is 5.30. The zero-order valence-corrected chi connectivity index (χ0v) is 9.29. The molecule has 0 heterocycles. The fraction of sp³-hybridized carbons (Fsp3) is 0.857. The van der Waals surface area contributed by atoms with Crippen molar-refractivity contribution < 1.29 is 10.2 Å². The highest BCUT2D eigenvalue weighted by Gasteiger charge is 2.42. The first-order valence-corrected chi connectivity index (χ1v) is 5.37. The summed E-state index contributed by atoms with van der Waals surface area (Å²) in [5.74, 6) is 0. The van der Waals surface area contributed by atoms with Gasteiger partial charge in [0.25, 0.3) is 0 Å². The number of hydrogen-bond donors (Lipinski definition) is 2. The molecule has 2 fully saturated rings. The van der Waals surface area contributed by atoms with E-state index in [2.05, 4.69) is 20.4 Å². The van der Waals surface area contributed by atoms with Crippen LogP contribution in [0.25, 0.3) is 0 Å². The lowest BCUT2D eigenvalue weighted by Gasteiger charge is -2.10. The maximum absolute atomic E-state index is 9.14. The van der Waals surface area contributed by atoms with Gasteiger partial charge in [-0.15, -0.1) is 6.58 Å². The van der Waals surface area contributed by atoms with Gasteiger partial charge in [0, 0.05) is 6.61 Å². The summed E-state index contributed by atoms with van der Waals surface area (Å²) in [4.78, 5) is 0. The Bertz CT molecular complexity index is 203. The van der Waals surface area contributed by atoms with E-state index in [9.17, 15) is 0 Å². The zero-order valence-electron chi connectivity index (χ0n) is 9.29. The van der Waals surface area contributed by atoms with E-state index >= 15 is 0 Å². The molecule has 0 aromatic heterocycles. The summed E-state index contributed by atoms with van der Waals surface area (Å²) < 4.78 is 0. The monoisotopic (exact) mass is 230 g/mol. The van der Waals surface area contributed by atoms with Crippen LogP contribution in [0.4, 0.5) is 0 Å². The SMILES string of the molecule is C.C.C=CC(O)C1(C)CC1.CC1(CO)CC1. The minimum atomic E-state index is -0.275. The summed E-state index contributed by atoms with van der Waals surface area (Å²) in [6.45, 7) is 8.09. The molecule has 2 aliphatic rings. The molecule has 0 aromatic rings. The van der Waals surface area contributed by atoms with Crippen molar-refractivity contribution in [1.82, 2.24) is 0 Å². The second kappa shape index (κ2) is 6.41. The van der Waals surface area contributed by atoms with Crippen LogP contribution in [0.5, 0.6) is 0 Å². The van der Waals surface area contributed by atoms with Gasteiger partial charge in [-0.3, -0.25) is 0 Å². The number of aliphatic hydroxyl groups excluding tert-OH is 2. The average molecular weight is 230 g/mol. The van der Waals surface area contributed by atoms with Crippen LogP contribution < -0.4 is 0 Å². The number of aliphatic hydroxyl groups is 2. The van der Waals surface area contributed by atoms with Gasteiger partial charge in [0.05, 0.1) is 6.10 Å². The van der Waals surface area contributed by atoms with Crippen LogP contribution in [0.3, 0.4) is 0 Å². The van der Waals surface area contributed by atoms with Gasteiger partial charge in [-0.1, -0.05) is 34.8 Å². The molecule has 0 amide bonds. The normalized spacial score (nSPS) is 23.5. The quantitative estimate of drug-likeness (QED) is 0.730. The van der Waals surface area contributed by atoms with Gasteiger partial charge in [0.15, 0.2) is 0 Å². The van der Waals surface area contributed by atoms with Crippen molar-refractivity contribution in [3.8, 4) is 0 Å². The van der Waals surface area contributed by atoms with E-state index in [4.69, 9.17) is 10.2 Å². The summed E-state index contributed by atoms with van der Waals surface area (Å²) >= 11 is 0. The van der Waals surface area contributed by atoms with Crippen LogP contribution in [0.2, 0.25) is 0 Å². The minimum absolute atomic E-state index is 0. The van der Waals surface area contributed by atoms with E-state index in [1.165, 1.54) is 12.8 Å². The first kappa shape index (κ1) is 18.0. The molecule has 2 nitrogen and oxygen atoms in total. The van der Waals surface area contributed by atoms with E-state index in [0.29, 0.717) is 12.0 Å². The van der Waals surface area contributed by atoms with Crippen molar-refractivity contribution >= 4 is 0 Å². The second-order valence-electron chi connectivity index (χ2n) is 5.30. The highest BCUT2D eigenvalue weighted by atomic mass is 16.3. The predicted molar refractivity (Wildman–Crippen MR) is 71.4 cm³/mol. The fourth-order valence-corrected chi connectivity index (χ4v) is 1.15. The third-order valence-corrected chi connectivity index (χ3v) is 3.46. The zero-order chi connectivity index (χ0) is 10.8. The van der Waals surface area contributed by atoms with Gasteiger partial charge >= 0.3 is 0 Å². The van der Waals surface area contributed by atoms with Crippen LogP contribution in [0.15, 0.2) is 12.7 Å². The molecule has 2 N–H and O–H groups in total. The van der Waals surface area contributed by atoms with Crippen molar-refractivity contribution in [2.45, 2.75) is 60.5 Å². The van der Waals surface area contributed by atoms with Gasteiger partial charge in [-0.2, -0.15) is 0 Å². The third-order valence-electron chi connectivity index (χ3n) is 3.46. The maximum Gasteiger partial charge on any atom is 0.0771 e. The van der Waals surface area contributed by atoms with Crippen LogP contribution in [-0.4, -0.2) is 22.9 Å². The van der Waals surface area contributed by atoms with E-state index in [0.717, 1.165) is 12.8 Å². The topological polar surface area (TPSA) is 40.5 Å². The summed E-state index contributed by atoms with van der Waals surface area (Å²) in [5, 5.41) is 17.6. The molecule has 16 heavy (non-hydrogen) atoms. The lowest BCUT2D eigenvalue weighted by Crippen LogP contribution is -2.14. The summed E-state index contributed by atoms with van der Waals surface area (Å²) in [6, 6.07) is 0. The van der Waals surface area contributed by atoms with E-state index in [-0.39, 0.29) is 26.4 Å². The molecule has 0 spiro atoms. The lowest BCUT2D eigenvalue weighted by molar-refractivity contribution is 0.149. The Labute approximate surface area is 101 Å². The molecule has 0 saturated heterocycles. The van der Waals surface area contributed by atoms with Crippen molar-refractivity contribution in [2.75, 3.05) is 6.61 Å². The lowest BCUT2D eigenvalue weighted by atomic mass is 10.0. The summed E-state index contributed by atoms with van der Waals surface area (Å²) in [7, 11) is 0. The number of rotatable bonds is 3. The highest BCUT2D eigenvalue weighted by molar-refractivity contribution is 5.01. The Morgan fingerprint density at radius 2 is 1.62 bits per heavy atom. The third kappa shape index (κ3) is 5.13. The molecule has 98 valence electrons. The van der Waals surface area contributed by atoms with Crippen molar-refractivity contribution in [3.63, 3.8) is 0 Å². The Morgan fingerprint density at radius 3 is 1.69 bits per heavy atom. The Balaban J connectivity index is 0. The van der Waals surface area contributed by atoms with Crippen molar-refractivity contribution in [2.24, 2.45) is 10.8 Å². The molecule has 1 atom stereocenters. The molecule has 0 aliphatic heterocycles. The van der Waals surface area contributed by atoms with E-state index in [1.807, 2.05) is 0 Å². The first-order chi connectivity index (χ1) is 6.46. The molecule has 0 radical (unpaired) electrons.